The minimum absolute atomic E-state index is 0.0646. The summed E-state index contributed by atoms with van der Waals surface area (Å²) in [5.74, 6) is -0.236. The van der Waals surface area contributed by atoms with E-state index in [0.29, 0.717) is 38.7 Å². The lowest BCUT2D eigenvalue weighted by atomic mass is 10.1. The van der Waals surface area contributed by atoms with Crippen molar-refractivity contribution in [3.63, 3.8) is 0 Å². The number of carbonyl (C=O) groups excluding carboxylic acids is 2. The van der Waals surface area contributed by atoms with Gasteiger partial charge in [-0.25, -0.2) is 9.78 Å². The second-order valence-electron chi connectivity index (χ2n) is 6.75. The molecule has 0 saturated heterocycles. The largest absolute Gasteiger partial charge is 0.497 e. The molecule has 0 aliphatic rings. The molecule has 9 heteroatoms. The molecule has 2 aromatic heterocycles. The number of anilines is 1. The van der Waals surface area contributed by atoms with Gasteiger partial charge in [-0.2, -0.15) is 0 Å². The van der Waals surface area contributed by atoms with Crippen molar-refractivity contribution < 1.29 is 23.5 Å². The molecule has 0 fully saturated rings. The van der Waals surface area contributed by atoms with E-state index in [2.05, 4.69) is 10.3 Å². The fourth-order valence-corrected chi connectivity index (χ4v) is 3.72. The predicted molar refractivity (Wildman–Crippen MR) is 119 cm³/mol. The smallest absolute Gasteiger partial charge is 0.336 e. The number of rotatable bonds is 7. The summed E-state index contributed by atoms with van der Waals surface area (Å²) < 4.78 is 15.7. The van der Waals surface area contributed by atoms with Gasteiger partial charge in [0, 0.05) is 34.0 Å². The van der Waals surface area contributed by atoms with Gasteiger partial charge in [0.25, 0.3) is 5.91 Å². The first-order valence-corrected chi connectivity index (χ1v) is 10.5. The SMILES string of the molecule is COc1ccc2c(COC(=O)Cc3csc(NC(=O)c4ccccc4)n3)cc(=O)oc2c1. The molecule has 0 bridgehead atoms. The molecule has 0 unspecified atom stereocenters. The highest BCUT2D eigenvalue weighted by Crippen LogP contribution is 2.23. The molecule has 0 aliphatic heterocycles. The zero-order chi connectivity index (χ0) is 22.5. The van der Waals surface area contributed by atoms with E-state index >= 15 is 0 Å². The summed E-state index contributed by atoms with van der Waals surface area (Å²) in [5, 5.41) is 5.43. The molecule has 0 aliphatic carbocycles. The predicted octanol–water partition coefficient (Wildman–Crippen LogP) is 3.80. The number of fused-ring (bicyclic) bond motifs is 1. The molecule has 0 saturated carbocycles. The molecule has 32 heavy (non-hydrogen) atoms. The lowest BCUT2D eigenvalue weighted by molar-refractivity contribution is -0.144. The average molecular weight is 450 g/mol. The van der Waals surface area contributed by atoms with Gasteiger partial charge in [0.2, 0.25) is 0 Å². The molecule has 8 nitrogen and oxygen atoms in total. The molecule has 0 radical (unpaired) electrons. The third kappa shape index (κ3) is 5.01. The third-order valence-electron chi connectivity index (χ3n) is 4.56. The molecule has 4 rings (SSSR count). The third-order valence-corrected chi connectivity index (χ3v) is 5.37. The van der Waals surface area contributed by atoms with Crippen molar-refractivity contribution in [3.8, 4) is 5.75 Å². The van der Waals surface area contributed by atoms with Crippen LogP contribution in [-0.4, -0.2) is 24.0 Å². The maximum Gasteiger partial charge on any atom is 0.336 e. The van der Waals surface area contributed by atoms with E-state index < -0.39 is 11.6 Å². The summed E-state index contributed by atoms with van der Waals surface area (Å²) in [6.07, 6.45) is -0.0646. The van der Waals surface area contributed by atoms with Crippen LogP contribution in [0.1, 0.15) is 21.6 Å². The number of esters is 1. The maximum atomic E-state index is 12.3. The van der Waals surface area contributed by atoms with Gasteiger partial charge in [0.15, 0.2) is 5.13 Å². The van der Waals surface area contributed by atoms with E-state index in [-0.39, 0.29) is 18.9 Å². The Bertz CT molecular complexity index is 1330. The van der Waals surface area contributed by atoms with Crippen LogP contribution in [0.3, 0.4) is 0 Å². The maximum absolute atomic E-state index is 12.3. The van der Waals surface area contributed by atoms with Crippen LogP contribution >= 0.6 is 11.3 Å². The Morgan fingerprint density at radius 1 is 1.12 bits per heavy atom. The molecule has 1 N–H and O–H groups in total. The van der Waals surface area contributed by atoms with Crippen molar-refractivity contribution in [3.05, 3.63) is 87.2 Å². The number of hydrogen-bond acceptors (Lipinski definition) is 8. The summed E-state index contributed by atoms with van der Waals surface area (Å²) in [7, 11) is 1.52. The van der Waals surface area contributed by atoms with Gasteiger partial charge in [-0.15, -0.1) is 11.3 Å². The average Bonchev–Trinajstić information content (AvgIpc) is 3.23. The van der Waals surface area contributed by atoms with Gasteiger partial charge < -0.3 is 13.9 Å². The van der Waals surface area contributed by atoms with Crippen LogP contribution in [0.25, 0.3) is 11.0 Å². The number of benzene rings is 2. The Balaban J connectivity index is 1.38. The van der Waals surface area contributed by atoms with Crippen molar-refractivity contribution in [2.75, 3.05) is 12.4 Å². The standard InChI is InChI=1S/C23H18N2O6S/c1-29-17-7-8-18-15(9-21(27)31-19(18)11-17)12-30-20(26)10-16-13-32-23(24-16)25-22(28)14-5-3-2-4-6-14/h2-9,11,13H,10,12H2,1H3,(H,24,25,28). The molecule has 4 aromatic rings. The lowest BCUT2D eigenvalue weighted by Crippen LogP contribution is -2.12. The van der Waals surface area contributed by atoms with Gasteiger partial charge in [-0.1, -0.05) is 18.2 Å². The van der Waals surface area contributed by atoms with Crippen LogP contribution in [-0.2, 0) is 22.6 Å². The molecule has 0 spiro atoms. The summed E-state index contributed by atoms with van der Waals surface area (Å²) in [6.45, 7) is -0.0883. The molecule has 2 aromatic carbocycles. The Kier molecular flexibility index (Phi) is 6.27. The summed E-state index contributed by atoms with van der Waals surface area (Å²) >= 11 is 1.22. The number of hydrogen-bond donors (Lipinski definition) is 1. The lowest BCUT2D eigenvalue weighted by Gasteiger charge is -2.08. The fraction of sp³-hybridized carbons (Fsp3) is 0.130. The van der Waals surface area contributed by atoms with Crippen LogP contribution in [0.4, 0.5) is 5.13 Å². The number of amides is 1. The van der Waals surface area contributed by atoms with Crippen LogP contribution in [0.15, 0.2) is 69.2 Å². The second-order valence-corrected chi connectivity index (χ2v) is 7.61. The summed E-state index contributed by atoms with van der Waals surface area (Å²) in [4.78, 5) is 40.6. The van der Waals surface area contributed by atoms with E-state index in [4.69, 9.17) is 13.9 Å². The van der Waals surface area contributed by atoms with Crippen LogP contribution in [0, 0.1) is 0 Å². The van der Waals surface area contributed by atoms with E-state index in [9.17, 15) is 14.4 Å². The van der Waals surface area contributed by atoms with Crippen molar-refractivity contribution in [2.24, 2.45) is 0 Å². The molecule has 2 heterocycles. The minimum Gasteiger partial charge on any atom is -0.497 e. The Morgan fingerprint density at radius 3 is 2.72 bits per heavy atom. The van der Waals surface area contributed by atoms with Gasteiger partial charge in [-0.3, -0.25) is 14.9 Å². The Labute approximate surface area is 186 Å². The van der Waals surface area contributed by atoms with E-state index in [1.165, 1.54) is 24.5 Å². The van der Waals surface area contributed by atoms with Crippen LogP contribution in [0.2, 0.25) is 0 Å². The summed E-state index contributed by atoms with van der Waals surface area (Å²) in [6, 6.07) is 15.1. The number of ether oxygens (including phenoxy) is 2. The van der Waals surface area contributed by atoms with Crippen molar-refractivity contribution >= 4 is 39.3 Å². The van der Waals surface area contributed by atoms with Gasteiger partial charge in [0.05, 0.1) is 19.2 Å². The van der Waals surface area contributed by atoms with Crippen molar-refractivity contribution in [1.82, 2.24) is 4.98 Å². The molecular formula is C23H18N2O6S. The monoisotopic (exact) mass is 450 g/mol. The zero-order valence-corrected chi connectivity index (χ0v) is 17.8. The van der Waals surface area contributed by atoms with Crippen LogP contribution in [0.5, 0.6) is 5.75 Å². The number of aromatic nitrogens is 1. The fourth-order valence-electron chi connectivity index (χ4n) is 3.02. The second kappa shape index (κ2) is 9.44. The van der Waals surface area contributed by atoms with E-state index in [1.54, 1.807) is 47.8 Å². The van der Waals surface area contributed by atoms with Crippen molar-refractivity contribution in [2.45, 2.75) is 13.0 Å². The quantitative estimate of drug-likeness (QED) is 0.337. The highest BCUT2D eigenvalue weighted by molar-refractivity contribution is 7.14. The minimum atomic E-state index is -0.546. The van der Waals surface area contributed by atoms with Gasteiger partial charge in [-0.05, 0) is 24.3 Å². The number of nitrogens with one attached hydrogen (secondary N) is 1. The van der Waals surface area contributed by atoms with Gasteiger partial charge in [0.1, 0.15) is 17.9 Å². The Morgan fingerprint density at radius 2 is 1.94 bits per heavy atom. The molecular weight excluding hydrogens is 432 g/mol. The van der Waals surface area contributed by atoms with E-state index in [1.807, 2.05) is 6.07 Å². The highest BCUT2D eigenvalue weighted by Gasteiger charge is 2.14. The number of thiazole rings is 1. The first-order chi connectivity index (χ1) is 15.5. The molecule has 162 valence electrons. The number of methoxy groups -OCH3 is 1. The first-order valence-electron chi connectivity index (χ1n) is 9.59. The molecule has 0 atom stereocenters. The zero-order valence-electron chi connectivity index (χ0n) is 17.0. The first kappa shape index (κ1) is 21.3. The van der Waals surface area contributed by atoms with Crippen molar-refractivity contribution in [1.29, 1.82) is 0 Å². The topological polar surface area (TPSA) is 108 Å². The van der Waals surface area contributed by atoms with Gasteiger partial charge >= 0.3 is 11.6 Å². The highest BCUT2D eigenvalue weighted by atomic mass is 32.1. The molecule has 1 amide bonds. The Hall–Kier alpha value is -3.98. The normalized spacial score (nSPS) is 10.7. The summed E-state index contributed by atoms with van der Waals surface area (Å²) in [5.41, 5.74) is 1.32. The number of carbonyl (C=O) groups is 2. The number of nitrogens with zero attached hydrogens (tertiary/aromatic N) is 1. The van der Waals surface area contributed by atoms with E-state index in [0.717, 1.165) is 0 Å². The van der Waals surface area contributed by atoms with Crippen LogP contribution < -0.4 is 15.7 Å².